The third-order valence-corrected chi connectivity index (χ3v) is 4.69. The van der Waals surface area contributed by atoms with Crippen LogP contribution in [0.25, 0.3) is 0 Å². The Balaban J connectivity index is 2.01. The molecular formula is C14H25. The molecule has 0 nitrogen and oxygen atoms in total. The molecule has 81 valence electrons. The lowest BCUT2D eigenvalue weighted by Gasteiger charge is -2.44. The van der Waals surface area contributed by atoms with Gasteiger partial charge >= 0.3 is 0 Å². The molecule has 0 aromatic heterocycles. The summed E-state index contributed by atoms with van der Waals surface area (Å²) in [7, 11) is 0. The molecule has 0 aromatic carbocycles. The lowest BCUT2D eigenvalue weighted by molar-refractivity contribution is 0.169. The highest BCUT2D eigenvalue weighted by molar-refractivity contribution is 5.08. The minimum absolute atomic E-state index is 0.707. The van der Waals surface area contributed by atoms with Gasteiger partial charge in [-0.2, -0.15) is 0 Å². The summed E-state index contributed by atoms with van der Waals surface area (Å²) in [5.41, 5.74) is 0.707. The molecule has 14 heavy (non-hydrogen) atoms. The van der Waals surface area contributed by atoms with E-state index in [9.17, 15) is 0 Å². The summed E-state index contributed by atoms with van der Waals surface area (Å²) in [6.45, 7) is 2.42. The predicted octanol–water partition coefficient (Wildman–Crippen LogP) is 4.89. The van der Waals surface area contributed by atoms with E-state index in [0.29, 0.717) is 5.41 Å². The zero-order valence-corrected chi connectivity index (χ0v) is 9.78. The molecule has 2 saturated carbocycles. The van der Waals surface area contributed by atoms with Crippen LogP contribution in [0.1, 0.15) is 77.6 Å². The fourth-order valence-electron chi connectivity index (χ4n) is 3.69. The molecule has 2 aliphatic rings. The Morgan fingerprint density at radius 3 is 2.00 bits per heavy atom. The van der Waals surface area contributed by atoms with Crippen LogP contribution in [-0.2, 0) is 0 Å². The van der Waals surface area contributed by atoms with Gasteiger partial charge in [-0.25, -0.2) is 0 Å². The minimum atomic E-state index is 0.707. The summed E-state index contributed by atoms with van der Waals surface area (Å²) in [5, 5.41) is 0. The van der Waals surface area contributed by atoms with Crippen molar-refractivity contribution < 1.29 is 0 Å². The molecule has 0 amide bonds. The Bertz CT molecular complexity index is 159. The molecule has 0 aliphatic heterocycles. The molecule has 0 bridgehead atoms. The monoisotopic (exact) mass is 193 g/mol. The highest BCUT2D eigenvalue weighted by Crippen LogP contribution is 2.51. The van der Waals surface area contributed by atoms with Gasteiger partial charge in [0.15, 0.2) is 0 Å². The van der Waals surface area contributed by atoms with E-state index >= 15 is 0 Å². The summed E-state index contributed by atoms with van der Waals surface area (Å²) in [6, 6.07) is 0. The van der Waals surface area contributed by atoms with E-state index in [1.165, 1.54) is 70.6 Å². The van der Waals surface area contributed by atoms with Crippen molar-refractivity contribution in [2.75, 3.05) is 0 Å². The second kappa shape index (κ2) is 4.68. The predicted molar refractivity (Wildman–Crippen MR) is 62.1 cm³/mol. The Kier molecular flexibility index (Phi) is 3.52. The fraction of sp³-hybridized carbons (Fsp3) is 0.929. The Morgan fingerprint density at radius 2 is 1.43 bits per heavy atom. The molecule has 0 heteroatoms. The van der Waals surface area contributed by atoms with Gasteiger partial charge in [-0.05, 0) is 43.4 Å². The Morgan fingerprint density at radius 1 is 0.857 bits per heavy atom. The van der Waals surface area contributed by atoms with E-state index in [4.69, 9.17) is 0 Å². The minimum Gasteiger partial charge on any atom is -0.0648 e. The average molecular weight is 193 g/mol. The molecule has 0 N–H and O–H groups in total. The highest BCUT2D eigenvalue weighted by atomic mass is 14.4. The van der Waals surface area contributed by atoms with Gasteiger partial charge in [0.2, 0.25) is 0 Å². The van der Waals surface area contributed by atoms with E-state index < -0.39 is 0 Å². The second-order valence-corrected chi connectivity index (χ2v) is 5.36. The summed E-state index contributed by atoms with van der Waals surface area (Å²) < 4.78 is 0. The van der Waals surface area contributed by atoms with Crippen molar-refractivity contribution in [2.45, 2.75) is 77.6 Å². The SMILES string of the molecule is CCC1([C]2CCCCC2)CCCCC1. The standard InChI is InChI=1S/C14H25/c1-2-14(11-7-4-8-12-14)13-9-5-3-6-10-13/h2-12H2,1H3. The van der Waals surface area contributed by atoms with E-state index in [-0.39, 0.29) is 0 Å². The number of hydrogen-bond donors (Lipinski definition) is 0. The van der Waals surface area contributed by atoms with Crippen LogP contribution in [0.2, 0.25) is 0 Å². The molecule has 2 rings (SSSR count). The zero-order valence-electron chi connectivity index (χ0n) is 9.78. The van der Waals surface area contributed by atoms with Gasteiger partial charge in [0.25, 0.3) is 0 Å². The maximum atomic E-state index is 2.42. The summed E-state index contributed by atoms with van der Waals surface area (Å²) >= 11 is 0. The average Bonchev–Trinajstić information content (AvgIpc) is 2.31. The largest absolute Gasteiger partial charge is 0.0648 e. The van der Waals surface area contributed by atoms with E-state index in [1.807, 2.05) is 5.92 Å². The third kappa shape index (κ3) is 1.99. The van der Waals surface area contributed by atoms with Gasteiger partial charge in [-0.1, -0.05) is 45.4 Å². The maximum Gasteiger partial charge on any atom is -0.0179 e. The fourth-order valence-corrected chi connectivity index (χ4v) is 3.69. The Hall–Kier alpha value is 0. The van der Waals surface area contributed by atoms with Crippen molar-refractivity contribution in [2.24, 2.45) is 5.41 Å². The van der Waals surface area contributed by atoms with E-state index in [0.717, 1.165) is 0 Å². The normalized spacial score (nSPS) is 28.9. The van der Waals surface area contributed by atoms with Crippen LogP contribution >= 0.6 is 0 Å². The highest BCUT2D eigenvalue weighted by Gasteiger charge is 2.38. The molecule has 0 unspecified atom stereocenters. The molecule has 0 spiro atoms. The van der Waals surface area contributed by atoms with Crippen molar-refractivity contribution in [1.82, 2.24) is 0 Å². The van der Waals surface area contributed by atoms with Crippen molar-refractivity contribution in [3.05, 3.63) is 5.92 Å². The van der Waals surface area contributed by atoms with Gasteiger partial charge in [0.05, 0.1) is 0 Å². The van der Waals surface area contributed by atoms with E-state index in [2.05, 4.69) is 6.92 Å². The van der Waals surface area contributed by atoms with Crippen LogP contribution in [0.3, 0.4) is 0 Å². The molecule has 0 saturated heterocycles. The molecule has 0 heterocycles. The zero-order chi connectivity index (χ0) is 9.86. The second-order valence-electron chi connectivity index (χ2n) is 5.36. The van der Waals surface area contributed by atoms with Crippen LogP contribution in [-0.4, -0.2) is 0 Å². The quantitative estimate of drug-likeness (QED) is 0.586. The van der Waals surface area contributed by atoms with Gasteiger partial charge in [0, 0.05) is 0 Å². The van der Waals surface area contributed by atoms with Crippen LogP contribution in [0.15, 0.2) is 0 Å². The van der Waals surface area contributed by atoms with Crippen molar-refractivity contribution in [3.63, 3.8) is 0 Å². The first-order chi connectivity index (χ1) is 6.87. The molecule has 2 fully saturated rings. The van der Waals surface area contributed by atoms with Crippen molar-refractivity contribution in [1.29, 1.82) is 0 Å². The molecule has 2 aliphatic carbocycles. The summed E-state index contributed by atoms with van der Waals surface area (Å²) in [6.07, 6.45) is 16.3. The summed E-state index contributed by atoms with van der Waals surface area (Å²) in [5.74, 6) is 1.96. The lowest BCUT2D eigenvalue weighted by atomic mass is 9.60. The van der Waals surface area contributed by atoms with Crippen LogP contribution in [0.5, 0.6) is 0 Å². The molecule has 1 radical (unpaired) electrons. The van der Waals surface area contributed by atoms with Crippen LogP contribution in [0.4, 0.5) is 0 Å². The van der Waals surface area contributed by atoms with Gasteiger partial charge in [-0.3, -0.25) is 0 Å². The van der Waals surface area contributed by atoms with Crippen LogP contribution in [0, 0.1) is 11.3 Å². The first-order valence-electron chi connectivity index (χ1n) is 6.72. The van der Waals surface area contributed by atoms with Gasteiger partial charge in [0.1, 0.15) is 0 Å². The molecular weight excluding hydrogens is 168 g/mol. The lowest BCUT2D eigenvalue weighted by Crippen LogP contribution is -2.32. The number of rotatable bonds is 2. The summed E-state index contributed by atoms with van der Waals surface area (Å²) in [4.78, 5) is 0. The van der Waals surface area contributed by atoms with Gasteiger partial charge in [-0.15, -0.1) is 0 Å². The third-order valence-electron chi connectivity index (χ3n) is 4.69. The Labute approximate surface area is 89.5 Å². The maximum absolute atomic E-state index is 2.42. The van der Waals surface area contributed by atoms with Gasteiger partial charge < -0.3 is 0 Å². The molecule has 0 atom stereocenters. The smallest absolute Gasteiger partial charge is 0.0179 e. The van der Waals surface area contributed by atoms with Crippen LogP contribution < -0.4 is 0 Å². The van der Waals surface area contributed by atoms with Crippen molar-refractivity contribution >= 4 is 0 Å². The first kappa shape index (κ1) is 10.5. The van der Waals surface area contributed by atoms with Crippen molar-refractivity contribution in [3.8, 4) is 0 Å². The topological polar surface area (TPSA) is 0 Å². The van der Waals surface area contributed by atoms with E-state index in [1.54, 1.807) is 0 Å². The number of hydrogen-bond acceptors (Lipinski definition) is 0. The first-order valence-corrected chi connectivity index (χ1v) is 6.72. The molecule has 0 aromatic rings.